The quantitative estimate of drug-likeness (QED) is 0.843. The Labute approximate surface area is 155 Å². The first-order valence-corrected chi connectivity index (χ1v) is 9.53. The van der Waals surface area contributed by atoms with Gasteiger partial charge in [-0.25, -0.2) is 4.79 Å². The summed E-state index contributed by atoms with van der Waals surface area (Å²) in [6, 6.07) is 10.9. The Morgan fingerprint density at radius 1 is 1.15 bits per heavy atom. The number of aryl methyl sites for hydroxylation is 1. The van der Waals surface area contributed by atoms with Crippen LogP contribution in [0, 0.1) is 5.92 Å². The van der Waals surface area contributed by atoms with Gasteiger partial charge >= 0.3 is 6.09 Å². The molecule has 0 unspecified atom stereocenters. The number of nitrogens with one attached hydrogen (secondary N) is 1. The average molecular weight is 359 g/mol. The van der Waals surface area contributed by atoms with Crippen molar-refractivity contribution in [3.63, 3.8) is 0 Å². The zero-order chi connectivity index (χ0) is 18.4. The molecule has 0 spiro atoms. The van der Waals surface area contributed by atoms with Crippen LogP contribution in [0.4, 0.5) is 4.79 Å². The van der Waals surface area contributed by atoms with Crippen LogP contribution in [0.5, 0.6) is 0 Å². The molecule has 1 aromatic carbocycles. The van der Waals surface area contributed by atoms with Gasteiger partial charge < -0.3 is 19.9 Å². The molecular formula is C20H29N3O3. The van der Waals surface area contributed by atoms with E-state index in [1.165, 1.54) is 19.1 Å². The molecule has 4 rings (SSSR count). The predicted octanol–water partition coefficient (Wildman–Crippen LogP) is 1.90. The minimum atomic E-state index is -0.555. The van der Waals surface area contributed by atoms with Crippen LogP contribution >= 0.6 is 0 Å². The molecule has 0 radical (unpaired) electrons. The highest BCUT2D eigenvalue weighted by molar-refractivity contribution is 5.82. The summed E-state index contributed by atoms with van der Waals surface area (Å²) < 4.78 is 4.54. The number of benzene rings is 1. The summed E-state index contributed by atoms with van der Waals surface area (Å²) in [6.45, 7) is 3.91. The molecule has 3 heterocycles. The van der Waals surface area contributed by atoms with Crippen LogP contribution in [0.15, 0.2) is 30.3 Å². The van der Waals surface area contributed by atoms with E-state index in [2.05, 4.69) is 45.3 Å². The van der Waals surface area contributed by atoms with E-state index in [4.69, 9.17) is 0 Å². The molecule has 0 aromatic heterocycles. The van der Waals surface area contributed by atoms with Gasteiger partial charge in [0.25, 0.3) is 0 Å². The van der Waals surface area contributed by atoms with Gasteiger partial charge in [-0.2, -0.15) is 0 Å². The molecule has 2 amide bonds. The number of piperidine rings is 1. The molecule has 2 bridgehead atoms. The Balaban J connectivity index is 1.49. The molecule has 0 saturated carbocycles. The van der Waals surface area contributed by atoms with Crippen molar-refractivity contribution >= 4 is 12.0 Å². The molecule has 0 aliphatic carbocycles. The molecule has 3 aliphatic heterocycles. The average Bonchev–Trinajstić information content (AvgIpc) is 2.97. The van der Waals surface area contributed by atoms with Crippen molar-refractivity contribution in [3.8, 4) is 0 Å². The number of fused-ring (bicyclic) bond motifs is 4. The maximum absolute atomic E-state index is 12.5. The SMILES string of the molecule is COC(=O)NCC(=O)N1C[C@H]2CC[C@@H]1CN(CCCc1ccccc1)C2. The molecule has 3 aliphatic rings. The van der Waals surface area contributed by atoms with Gasteiger partial charge in [-0.3, -0.25) is 4.79 Å². The van der Waals surface area contributed by atoms with Gasteiger partial charge in [-0.05, 0) is 43.7 Å². The van der Waals surface area contributed by atoms with E-state index in [0.29, 0.717) is 5.92 Å². The molecule has 26 heavy (non-hydrogen) atoms. The number of hydrogen-bond acceptors (Lipinski definition) is 4. The van der Waals surface area contributed by atoms with Crippen LogP contribution in [0.25, 0.3) is 0 Å². The molecule has 2 atom stereocenters. The van der Waals surface area contributed by atoms with Crippen molar-refractivity contribution in [2.45, 2.75) is 31.7 Å². The first-order chi connectivity index (χ1) is 12.7. The van der Waals surface area contributed by atoms with E-state index >= 15 is 0 Å². The number of rotatable bonds is 6. The fourth-order valence-corrected chi connectivity index (χ4v) is 4.14. The molecule has 142 valence electrons. The molecule has 3 fully saturated rings. The van der Waals surface area contributed by atoms with Crippen LogP contribution in [0.3, 0.4) is 0 Å². The summed E-state index contributed by atoms with van der Waals surface area (Å²) in [4.78, 5) is 28.2. The Hall–Kier alpha value is -2.08. The number of methoxy groups -OCH3 is 1. The highest BCUT2D eigenvalue weighted by atomic mass is 16.5. The molecule has 1 N–H and O–H groups in total. The first-order valence-electron chi connectivity index (χ1n) is 9.53. The second kappa shape index (κ2) is 9.03. The molecule has 6 heteroatoms. The summed E-state index contributed by atoms with van der Waals surface area (Å²) in [5.41, 5.74) is 1.39. The topological polar surface area (TPSA) is 61.9 Å². The Morgan fingerprint density at radius 2 is 1.96 bits per heavy atom. The summed E-state index contributed by atoms with van der Waals surface area (Å²) in [6.07, 6.45) is 3.93. The van der Waals surface area contributed by atoms with Gasteiger partial charge in [0.2, 0.25) is 5.91 Å². The number of alkyl carbamates (subject to hydrolysis) is 1. The first kappa shape index (κ1) is 18.7. The van der Waals surface area contributed by atoms with E-state index in [9.17, 15) is 9.59 Å². The van der Waals surface area contributed by atoms with Crippen molar-refractivity contribution in [1.29, 1.82) is 0 Å². The van der Waals surface area contributed by atoms with E-state index in [1.54, 1.807) is 0 Å². The Kier molecular flexibility index (Phi) is 6.50. The second-order valence-corrected chi connectivity index (χ2v) is 7.34. The monoisotopic (exact) mass is 359 g/mol. The normalized spacial score (nSPS) is 22.7. The maximum atomic E-state index is 12.5. The third kappa shape index (κ3) is 4.97. The van der Waals surface area contributed by atoms with Crippen molar-refractivity contribution in [2.24, 2.45) is 5.92 Å². The summed E-state index contributed by atoms with van der Waals surface area (Å²) in [5.74, 6) is 0.531. The van der Waals surface area contributed by atoms with Crippen molar-refractivity contribution in [2.75, 3.05) is 39.8 Å². The van der Waals surface area contributed by atoms with Crippen LogP contribution in [-0.4, -0.2) is 67.7 Å². The predicted molar refractivity (Wildman–Crippen MR) is 99.8 cm³/mol. The number of hydrogen-bond donors (Lipinski definition) is 1. The third-order valence-corrected chi connectivity index (χ3v) is 5.46. The maximum Gasteiger partial charge on any atom is 0.407 e. The zero-order valence-corrected chi connectivity index (χ0v) is 15.5. The van der Waals surface area contributed by atoms with E-state index in [0.717, 1.165) is 45.4 Å². The van der Waals surface area contributed by atoms with E-state index < -0.39 is 6.09 Å². The lowest BCUT2D eigenvalue weighted by Gasteiger charge is -2.36. The van der Waals surface area contributed by atoms with Crippen molar-refractivity contribution < 1.29 is 14.3 Å². The number of ether oxygens (including phenoxy) is 1. The molecule has 6 nitrogen and oxygen atoms in total. The van der Waals surface area contributed by atoms with Crippen molar-refractivity contribution in [1.82, 2.24) is 15.1 Å². The largest absolute Gasteiger partial charge is 0.453 e. The van der Waals surface area contributed by atoms with Gasteiger partial charge in [0.05, 0.1) is 7.11 Å². The molecule has 3 saturated heterocycles. The van der Waals surface area contributed by atoms with Gasteiger partial charge in [0, 0.05) is 25.7 Å². The van der Waals surface area contributed by atoms with E-state index in [-0.39, 0.29) is 18.5 Å². The van der Waals surface area contributed by atoms with Gasteiger partial charge in [0.15, 0.2) is 0 Å². The molecule has 1 aromatic rings. The highest BCUT2D eigenvalue weighted by Crippen LogP contribution is 2.28. The lowest BCUT2D eigenvalue weighted by atomic mass is 9.95. The van der Waals surface area contributed by atoms with Crippen LogP contribution in [-0.2, 0) is 16.0 Å². The number of carbonyl (C=O) groups is 2. The number of amides is 2. The van der Waals surface area contributed by atoms with Gasteiger partial charge in [-0.15, -0.1) is 0 Å². The van der Waals surface area contributed by atoms with Gasteiger partial charge in [0.1, 0.15) is 6.54 Å². The van der Waals surface area contributed by atoms with Crippen LogP contribution < -0.4 is 5.32 Å². The van der Waals surface area contributed by atoms with E-state index in [1.807, 2.05) is 4.90 Å². The minimum Gasteiger partial charge on any atom is -0.453 e. The fraction of sp³-hybridized carbons (Fsp3) is 0.600. The highest BCUT2D eigenvalue weighted by Gasteiger charge is 2.36. The Morgan fingerprint density at radius 3 is 2.73 bits per heavy atom. The molecular weight excluding hydrogens is 330 g/mol. The second-order valence-electron chi connectivity index (χ2n) is 7.34. The van der Waals surface area contributed by atoms with Crippen LogP contribution in [0.1, 0.15) is 24.8 Å². The van der Waals surface area contributed by atoms with Crippen molar-refractivity contribution in [3.05, 3.63) is 35.9 Å². The Bertz CT molecular complexity index is 608. The summed E-state index contributed by atoms with van der Waals surface area (Å²) in [7, 11) is 1.31. The number of carbonyl (C=O) groups excluding carboxylic acids is 2. The summed E-state index contributed by atoms with van der Waals surface area (Å²) >= 11 is 0. The standard InChI is InChI=1S/C20H29N3O3/c1-26-20(25)21-12-19(24)23-14-17-9-10-18(23)15-22(13-17)11-5-8-16-6-3-2-4-7-16/h2-4,6-7,17-18H,5,8-15H2,1H3,(H,21,25)/t17-,18+/m0/s1. The van der Waals surface area contributed by atoms with Gasteiger partial charge in [-0.1, -0.05) is 30.3 Å². The lowest BCUT2D eigenvalue weighted by molar-refractivity contribution is -0.134. The number of nitrogens with zero attached hydrogens (tertiary/aromatic N) is 2. The fourth-order valence-electron chi connectivity index (χ4n) is 4.14. The van der Waals surface area contributed by atoms with Crippen LogP contribution in [0.2, 0.25) is 0 Å². The third-order valence-electron chi connectivity index (χ3n) is 5.46. The lowest BCUT2D eigenvalue weighted by Crippen LogP contribution is -2.50. The summed E-state index contributed by atoms with van der Waals surface area (Å²) in [5, 5.41) is 2.51. The minimum absolute atomic E-state index is 0.00349. The smallest absolute Gasteiger partial charge is 0.407 e. The zero-order valence-electron chi connectivity index (χ0n) is 15.5.